The second-order valence-corrected chi connectivity index (χ2v) is 9.94. The van der Waals surface area contributed by atoms with Gasteiger partial charge in [0, 0.05) is 0 Å². The molecule has 7 heteroatoms. The summed E-state index contributed by atoms with van der Waals surface area (Å²) in [5, 5.41) is 9.49. The van der Waals surface area contributed by atoms with Crippen molar-refractivity contribution in [3.63, 3.8) is 0 Å². The molecule has 31 heavy (non-hydrogen) atoms. The van der Waals surface area contributed by atoms with Gasteiger partial charge in [-0.25, -0.2) is 4.57 Å². The van der Waals surface area contributed by atoms with Gasteiger partial charge in [-0.1, -0.05) is 62.4 Å². The van der Waals surface area contributed by atoms with E-state index in [1.165, 1.54) is 16.7 Å². The third-order valence-electron chi connectivity index (χ3n) is 5.60. The number of phosphoric ester groups is 1. The summed E-state index contributed by atoms with van der Waals surface area (Å²) in [6, 6.07) is 17.2. The molecule has 2 aromatic rings. The second-order valence-electron chi connectivity index (χ2n) is 8.70. The van der Waals surface area contributed by atoms with Gasteiger partial charge in [-0.3, -0.25) is 4.52 Å². The number of aliphatic hydroxyl groups is 1. The molecule has 0 aliphatic heterocycles. The molecule has 2 rings (SSSR count). The van der Waals surface area contributed by atoms with Crippen LogP contribution < -0.4 is 5.73 Å². The van der Waals surface area contributed by atoms with E-state index >= 15 is 0 Å². The predicted octanol–water partition coefficient (Wildman–Crippen LogP) is 4.11. The largest absolute Gasteiger partial charge is 0.469 e. The zero-order valence-electron chi connectivity index (χ0n) is 18.5. The lowest BCUT2D eigenvalue weighted by Gasteiger charge is -2.27. The highest BCUT2D eigenvalue weighted by Gasteiger charge is 2.28. The lowest BCUT2D eigenvalue weighted by atomic mass is 9.93. The molecule has 0 fully saturated rings. The van der Waals surface area contributed by atoms with E-state index in [2.05, 4.69) is 54.8 Å². The van der Waals surface area contributed by atoms with Crippen LogP contribution in [0, 0.1) is 0 Å². The summed E-state index contributed by atoms with van der Waals surface area (Å²) in [7, 11) is -4.61. The molecule has 0 heterocycles. The quantitative estimate of drug-likeness (QED) is 0.270. The van der Waals surface area contributed by atoms with Crippen LogP contribution in [0.15, 0.2) is 48.5 Å². The van der Waals surface area contributed by atoms with Gasteiger partial charge in [0.05, 0.1) is 18.8 Å². The van der Waals surface area contributed by atoms with Crippen molar-refractivity contribution in [1.29, 1.82) is 0 Å². The SMILES string of the molecule is CC(C)c1ccc(CCCCc2ccc(CCC(N)(CO)COP(=O)(O)O)cc2)cc1. The Balaban J connectivity index is 1.74. The minimum absolute atomic E-state index is 0.360. The molecule has 172 valence electrons. The predicted molar refractivity (Wildman–Crippen MR) is 124 cm³/mol. The summed E-state index contributed by atoms with van der Waals surface area (Å²) in [4.78, 5) is 17.7. The van der Waals surface area contributed by atoms with Crippen LogP contribution in [0.2, 0.25) is 0 Å². The number of benzene rings is 2. The van der Waals surface area contributed by atoms with Gasteiger partial charge < -0.3 is 20.6 Å². The Morgan fingerprint density at radius 1 is 0.903 bits per heavy atom. The Kier molecular flexibility index (Phi) is 9.89. The van der Waals surface area contributed by atoms with E-state index in [4.69, 9.17) is 15.5 Å². The highest BCUT2D eigenvalue weighted by atomic mass is 31.2. The molecule has 0 aliphatic carbocycles. The number of hydrogen-bond acceptors (Lipinski definition) is 4. The highest BCUT2D eigenvalue weighted by Crippen LogP contribution is 2.36. The van der Waals surface area contributed by atoms with Crippen molar-refractivity contribution in [3.05, 3.63) is 70.8 Å². The maximum atomic E-state index is 10.9. The van der Waals surface area contributed by atoms with Crippen LogP contribution in [0.1, 0.15) is 61.3 Å². The van der Waals surface area contributed by atoms with Gasteiger partial charge in [0.1, 0.15) is 0 Å². The number of nitrogens with two attached hydrogens (primary N) is 1. The molecular formula is C24H36NO5P. The van der Waals surface area contributed by atoms with Crippen molar-refractivity contribution in [1.82, 2.24) is 0 Å². The Morgan fingerprint density at radius 2 is 1.35 bits per heavy atom. The van der Waals surface area contributed by atoms with E-state index < -0.39 is 26.6 Å². The lowest BCUT2D eigenvalue weighted by Crippen LogP contribution is -2.48. The molecule has 5 N–H and O–H groups in total. The van der Waals surface area contributed by atoms with Crippen LogP contribution in [-0.4, -0.2) is 33.6 Å². The number of hydrogen-bond donors (Lipinski definition) is 4. The average Bonchev–Trinajstić information content (AvgIpc) is 2.74. The Morgan fingerprint density at radius 3 is 1.77 bits per heavy atom. The maximum absolute atomic E-state index is 10.9. The topological polar surface area (TPSA) is 113 Å². The summed E-state index contributed by atoms with van der Waals surface area (Å²) < 4.78 is 15.3. The third-order valence-corrected chi connectivity index (χ3v) is 6.06. The molecule has 0 radical (unpaired) electrons. The average molecular weight is 450 g/mol. The van der Waals surface area contributed by atoms with Crippen LogP contribution in [0.25, 0.3) is 0 Å². The molecule has 0 bridgehead atoms. The number of unbranched alkanes of at least 4 members (excludes halogenated alkanes) is 1. The molecule has 0 saturated carbocycles. The van der Waals surface area contributed by atoms with E-state index in [0.29, 0.717) is 18.8 Å². The number of aryl methyl sites for hydroxylation is 3. The first kappa shape index (κ1) is 25.7. The standard InChI is InChI=1S/C24H36NO5P/c1-19(2)23-13-11-21(12-14-23)6-4-3-5-20-7-9-22(10-8-20)15-16-24(25,17-26)18-30-31(27,28)29/h7-14,19,26H,3-6,15-18,25H2,1-2H3,(H2,27,28,29). The summed E-state index contributed by atoms with van der Waals surface area (Å²) in [6.07, 6.45) is 5.34. The number of rotatable bonds is 13. The molecule has 1 unspecified atom stereocenters. The van der Waals surface area contributed by atoms with Gasteiger partial charge in [-0.15, -0.1) is 0 Å². The highest BCUT2D eigenvalue weighted by molar-refractivity contribution is 7.46. The van der Waals surface area contributed by atoms with Crippen LogP contribution in [0.5, 0.6) is 0 Å². The van der Waals surface area contributed by atoms with Crippen LogP contribution in [0.3, 0.4) is 0 Å². The van der Waals surface area contributed by atoms with Gasteiger partial charge in [-0.05, 0) is 66.7 Å². The maximum Gasteiger partial charge on any atom is 0.469 e. The molecule has 6 nitrogen and oxygen atoms in total. The van der Waals surface area contributed by atoms with E-state index in [9.17, 15) is 9.67 Å². The van der Waals surface area contributed by atoms with Crippen molar-refractivity contribution in [2.24, 2.45) is 5.73 Å². The van der Waals surface area contributed by atoms with Crippen LogP contribution in [-0.2, 0) is 28.4 Å². The second kappa shape index (κ2) is 11.9. The van der Waals surface area contributed by atoms with E-state index in [1.54, 1.807) is 0 Å². The van der Waals surface area contributed by atoms with Gasteiger partial charge in [0.2, 0.25) is 0 Å². The first-order chi connectivity index (χ1) is 14.6. The number of aliphatic hydroxyl groups excluding tert-OH is 1. The Hall–Kier alpha value is -1.53. The van der Waals surface area contributed by atoms with Gasteiger partial charge in [-0.2, -0.15) is 0 Å². The van der Waals surface area contributed by atoms with Crippen molar-refractivity contribution >= 4 is 7.82 Å². The minimum Gasteiger partial charge on any atom is -0.394 e. The van der Waals surface area contributed by atoms with Crippen molar-refractivity contribution in [2.45, 2.75) is 63.8 Å². The zero-order chi connectivity index (χ0) is 22.9. The van der Waals surface area contributed by atoms with Gasteiger partial charge >= 0.3 is 7.82 Å². The lowest BCUT2D eigenvalue weighted by molar-refractivity contribution is 0.102. The monoisotopic (exact) mass is 449 g/mol. The molecular weight excluding hydrogens is 413 g/mol. The first-order valence-corrected chi connectivity index (χ1v) is 12.4. The third kappa shape index (κ3) is 9.65. The fourth-order valence-electron chi connectivity index (χ4n) is 3.40. The van der Waals surface area contributed by atoms with E-state index in [1.807, 2.05) is 12.1 Å². The Bertz CT molecular complexity index is 832. The molecule has 0 aliphatic rings. The fraction of sp³-hybridized carbons (Fsp3) is 0.500. The summed E-state index contributed by atoms with van der Waals surface area (Å²) in [6.45, 7) is 3.61. The van der Waals surface area contributed by atoms with Gasteiger partial charge in [0.15, 0.2) is 0 Å². The molecule has 1 atom stereocenters. The van der Waals surface area contributed by atoms with Crippen molar-refractivity contribution in [2.75, 3.05) is 13.2 Å². The smallest absolute Gasteiger partial charge is 0.394 e. The molecule has 0 amide bonds. The zero-order valence-corrected chi connectivity index (χ0v) is 19.4. The molecule has 0 saturated heterocycles. The summed E-state index contributed by atoms with van der Waals surface area (Å²) >= 11 is 0. The number of phosphoric acid groups is 1. The summed E-state index contributed by atoms with van der Waals surface area (Å²) in [5.41, 5.74) is 9.94. The normalized spacial score (nSPS) is 14.0. The fourth-order valence-corrected chi connectivity index (χ4v) is 3.83. The molecule has 0 spiro atoms. The van der Waals surface area contributed by atoms with Crippen LogP contribution >= 0.6 is 7.82 Å². The van der Waals surface area contributed by atoms with Crippen LogP contribution in [0.4, 0.5) is 0 Å². The summed E-state index contributed by atoms with van der Waals surface area (Å²) in [5.74, 6) is 0.565. The van der Waals surface area contributed by atoms with E-state index in [0.717, 1.165) is 31.2 Å². The Labute approximate surface area is 185 Å². The van der Waals surface area contributed by atoms with Crippen molar-refractivity contribution < 1.29 is 24.0 Å². The first-order valence-electron chi connectivity index (χ1n) is 10.9. The van der Waals surface area contributed by atoms with Gasteiger partial charge in [0.25, 0.3) is 0 Å². The minimum atomic E-state index is -4.61. The molecule has 2 aromatic carbocycles. The van der Waals surface area contributed by atoms with E-state index in [-0.39, 0.29) is 0 Å². The molecule has 0 aromatic heterocycles. The van der Waals surface area contributed by atoms with Crippen molar-refractivity contribution in [3.8, 4) is 0 Å².